The number of anilines is 1. The molecule has 4 rings (SSSR count). The molecular weight excluding hydrogens is 416 g/mol. The average molecular weight is 443 g/mol. The Bertz CT molecular complexity index is 983. The van der Waals surface area contributed by atoms with Crippen LogP contribution in [0.25, 0.3) is 11.1 Å². The zero-order chi connectivity index (χ0) is 22.7. The van der Waals surface area contributed by atoms with Gasteiger partial charge in [0, 0.05) is 25.6 Å². The number of hydrogen-bond acceptors (Lipinski definition) is 4. The van der Waals surface area contributed by atoms with Gasteiger partial charge in [-0.1, -0.05) is 24.3 Å². The van der Waals surface area contributed by atoms with Crippen LogP contribution in [0.3, 0.4) is 0 Å². The van der Waals surface area contributed by atoms with Gasteiger partial charge in [0.15, 0.2) is 0 Å². The molecule has 2 aromatic rings. The lowest BCUT2D eigenvalue weighted by Gasteiger charge is -2.28. The number of ether oxygens (including phenoxy) is 1. The lowest BCUT2D eigenvalue weighted by molar-refractivity contribution is -0.119. The largest absolute Gasteiger partial charge is 0.442 e. The Morgan fingerprint density at radius 1 is 1.19 bits per heavy atom. The molecule has 0 spiro atoms. The van der Waals surface area contributed by atoms with Gasteiger partial charge in [-0.25, -0.2) is 13.6 Å². The number of nitrogens with zero attached hydrogens (tertiary/aromatic N) is 2. The summed E-state index contributed by atoms with van der Waals surface area (Å²) < 4.78 is 33.7. The van der Waals surface area contributed by atoms with Crippen molar-refractivity contribution in [3.63, 3.8) is 0 Å². The van der Waals surface area contributed by atoms with E-state index in [0.29, 0.717) is 30.8 Å². The van der Waals surface area contributed by atoms with Crippen LogP contribution in [0.15, 0.2) is 42.5 Å². The quantitative estimate of drug-likeness (QED) is 0.736. The molecule has 0 radical (unpaired) electrons. The number of halogens is 2. The predicted octanol–water partition coefficient (Wildman–Crippen LogP) is 3.89. The van der Waals surface area contributed by atoms with Crippen molar-refractivity contribution < 1.29 is 23.1 Å². The van der Waals surface area contributed by atoms with Gasteiger partial charge in [-0.15, -0.1) is 0 Å². The van der Waals surface area contributed by atoms with Crippen LogP contribution in [-0.2, 0) is 16.1 Å². The highest BCUT2D eigenvalue weighted by atomic mass is 19.1. The number of carbonyl (C=O) groups excluding carboxylic acids is 2. The highest BCUT2D eigenvalue weighted by molar-refractivity contribution is 5.90. The van der Waals surface area contributed by atoms with E-state index in [9.17, 15) is 18.4 Å². The third-order valence-corrected chi connectivity index (χ3v) is 5.84. The van der Waals surface area contributed by atoms with E-state index >= 15 is 0 Å². The van der Waals surface area contributed by atoms with Gasteiger partial charge < -0.3 is 10.1 Å². The van der Waals surface area contributed by atoms with Gasteiger partial charge in [0.2, 0.25) is 5.91 Å². The van der Waals surface area contributed by atoms with E-state index in [2.05, 4.69) is 10.2 Å². The van der Waals surface area contributed by atoms with Crippen molar-refractivity contribution in [3.05, 3.63) is 53.8 Å². The zero-order valence-corrected chi connectivity index (χ0v) is 18.0. The first-order valence-electron chi connectivity index (χ1n) is 10.9. The average Bonchev–Trinajstić information content (AvgIpc) is 3.13. The molecule has 2 saturated heterocycles. The second-order valence-electron chi connectivity index (χ2n) is 8.39. The number of hydrogen-bond donors (Lipinski definition) is 1. The Morgan fingerprint density at radius 2 is 1.97 bits per heavy atom. The molecule has 2 atom stereocenters. The van der Waals surface area contributed by atoms with Crippen LogP contribution in [0.1, 0.15) is 25.3 Å². The normalized spacial score (nSPS) is 21.5. The molecule has 8 heteroatoms. The molecule has 6 nitrogen and oxygen atoms in total. The van der Waals surface area contributed by atoms with Crippen molar-refractivity contribution in [1.82, 2.24) is 10.2 Å². The van der Waals surface area contributed by atoms with E-state index in [0.717, 1.165) is 24.1 Å². The van der Waals surface area contributed by atoms with Gasteiger partial charge in [-0.05, 0) is 48.7 Å². The summed E-state index contributed by atoms with van der Waals surface area (Å²) in [6.45, 7) is 3.88. The summed E-state index contributed by atoms with van der Waals surface area (Å²) in [6, 6.07) is 12.2. The lowest BCUT2D eigenvalue weighted by Crippen LogP contribution is -2.35. The fourth-order valence-electron chi connectivity index (χ4n) is 4.19. The fraction of sp³-hybridized carbons (Fsp3) is 0.417. The number of amides is 2. The van der Waals surface area contributed by atoms with Crippen molar-refractivity contribution in [2.45, 2.75) is 38.6 Å². The maximum Gasteiger partial charge on any atom is 0.414 e. The van der Waals surface area contributed by atoms with Gasteiger partial charge in [0.1, 0.15) is 18.1 Å². The van der Waals surface area contributed by atoms with Crippen LogP contribution < -0.4 is 10.2 Å². The smallest absolute Gasteiger partial charge is 0.414 e. The molecular formula is C24H27F2N3O3. The van der Waals surface area contributed by atoms with Gasteiger partial charge in [0.25, 0.3) is 0 Å². The van der Waals surface area contributed by atoms with Crippen LogP contribution in [0.5, 0.6) is 0 Å². The molecule has 2 unspecified atom stereocenters. The lowest BCUT2D eigenvalue weighted by atomic mass is 10.0. The maximum atomic E-state index is 14.9. The number of nitrogens with one attached hydrogen (secondary N) is 1. The van der Waals surface area contributed by atoms with E-state index in [-0.39, 0.29) is 19.0 Å². The summed E-state index contributed by atoms with van der Waals surface area (Å²) in [5.74, 6) is -0.645. The van der Waals surface area contributed by atoms with E-state index < -0.39 is 24.2 Å². The molecule has 0 bridgehead atoms. The molecule has 0 aromatic heterocycles. The summed E-state index contributed by atoms with van der Waals surface area (Å²) in [5.41, 5.74) is 2.63. The first-order valence-corrected chi connectivity index (χ1v) is 10.9. The maximum absolute atomic E-state index is 14.9. The highest BCUT2D eigenvalue weighted by Gasteiger charge is 2.32. The van der Waals surface area contributed by atoms with E-state index in [1.165, 1.54) is 17.9 Å². The van der Waals surface area contributed by atoms with Crippen LogP contribution in [-0.4, -0.2) is 55.4 Å². The van der Waals surface area contributed by atoms with E-state index in [1.807, 2.05) is 24.3 Å². The van der Waals surface area contributed by atoms with Crippen LogP contribution >= 0.6 is 0 Å². The monoisotopic (exact) mass is 443 g/mol. The molecule has 2 fully saturated rings. The Balaban J connectivity index is 1.42. The predicted molar refractivity (Wildman–Crippen MR) is 118 cm³/mol. The molecule has 2 aromatic carbocycles. The van der Waals surface area contributed by atoms with Crippen molar-refractivity contribution in [1.29, 1.82) is 0 Å². The van der Waals surface area contributed by atoms with Crippen LogP contribution in [0, 0.1) is 5.82 Å². The minimum absolute atomic E-state index is 0.205. The van der Waals surface area contributed by atoms with Crippen LogP contribution in [0.2, 0.25) is 0 Å². The molecule has 2 amide bonds. The highest BCUT2D eigenvalue weighted by Crippen LogP contribution is 2.29. The number of benzene rings is 2. The Labute approximate surface area is 186 Å². The summed E-state index contributed by atoms with van der Waals surface area (Å²) in [5, 5.41) is 2.62. The number of piperidine rings is 1. The number of cyclic esters (lactones) is 1. The zero-order valence-electron chi connectivity index (χ0n) is 18.0. The molecule has 0 aliphatic carbocycles. The topological polar surface area (TPSA) is 61.9 Å². The second kappa shape index (κ2) is 9.65. The summed E-state index contributed by atoms with van der Waals surface area (Å²) in [4.78, 5) is 26.7. The number of rotatable bonds is 6. The number of likely N-dealkylation sites (tertiary alicyclic amines) is 1. The molecule has 32 heavy (non-hydrogen) atoms. The van der Waals surface area contributed by atoms with E-state index in [4.69, 9.17) is 4.74 Å². The Hall–Kier alpha value is -3.00. The van der Waals surface area contributed by atoms with Gasteiger partial charge >= 0.3 is 6.09 Å². The van der Waals surface area contributed by atoms with Gasteiger partial charge in [-0.3, -0.25) is 14.6 Å². The summed E-state index contributed by atoms with van der Waals surface area (Å²) in [6.07, 6.45) is -0.297. The van der Waals surface area contributed by atoms with Gasteiger partial charge in [0.05, 0.1) is 18.8 Å². The SMILES string of the molecule is CC(=O)NCC1CN(c2ccc(-c3ccc(CN4CCCC(F)C4)cc3)c(F)c2)C(=O)O1. The molecule has 170 valence electrons. The van der Waals surface area contributed by atoms with Crippen molar-refractivity contribution in [2.75, 3.05) is 31.1 Å². The Morgan fingerprint density at radius 3 is 2.66 bits per heavy atom. The molecule has 2 aliphatic heterocycles. The fourth-order valence-corrected chi connectivity index (χ4v) is 4.19. The van der Waals surface area contributed by atoms with Crippen molar-refractivity contribution >= 4 is 17.7 Å². The minimum Gasteiger partial charge on any atom is -0.442 e. The van der Waals surface area contributed by atoms with Gasteiger partial charge in [-0.2, -0.15) is 0 Å². The number of carbonyl (C=O) groups is 2. The number of alkyl halides is 1. The minimum atomic E-state index is -0.760. The van der Waals surface area contributed by atoms with Crippen molar-refractivity contribution in [3.8, 4) is 11.1 Å². The Kier molecular flexibility index (Phi) is 6.69. The molecule has 2 heterocycles. The summed E-state index contributed by atoms with van der Waals surface area (Å²) in [7, 11) is 0. The van der Waals surface area contributed by atoms with Crippen LogP contribution in [0.4, 0.5) is 19.3 Å². The first kappa shape index (κ1) is 22.2. The molecule has 2 aliphatic rings. The van der Waals surface area contributed by atoms with Crippen molar-refractivity contribution in [2.24, 2.45) is 0 Å². The second-order valence-corrected chi connectivity index (χ2v) is 8.39. The molecule has 0 saturated carbocycles. The standard InChI is InChI=1S/C24H27F2N3O3/c1-16(30)27-12-21-15-29(24(31)32-21)20-8-9-22(23(26)11-20)18-6-4-17(5-7-18)13-28-10-2-3-19(25)14-28/h4-9,11,19,21H,2-3,10,12-15H2,1H3,(H,27,30). The van der Waals surface area contributed by atoms with E-state index in [1.54, 1.807) is 12.1 Å². The third kappa shape index (κ3) is 5.24. The third-order valence-electron chi connectivity index (χ3n) is 5.84. The molecule has 1 N–H and O–H groups in total. The first-order chi connectivity index (χ1) is 15.4. The summed E-state index contributed by atoms with van der Waals surface area (Å²) >= 11 is 0.